The number of carbonyl (C=O) groups is 1. The van der Waals surface area contributed by atoms with E-state index in [1.165, 1.54) is 17.0 Å². The normalized spacial score (nSPS) is 15.4. The number of piperidine rings is 1. The number of nitrogens with zero attached hydrogens (tertiary/aromatic N) is 3. The lowest BCUT2D eigenvalue weighted by molar-refractivity contribution is -0.143. The van der Waals surface area contributed by atoms with Gasteiger partial charge in [-0.2, -0.15) is 4.91 Å². The van der Waals surface area contributed by atoms with Gasteiger partial charge in [-0.3, -0.25) is 25.4 Å². The van der Waals surface area contributed by atoms with Crippen LogP contribution in [0.25, 0.3) is 0 Å². The minimum Gasteiger partial charge on any atom is -0.508 e. The molecule has 0 aromatic heterocycles. The van der Waals surface area contributed by atoms with Gasteiger partial charge in [-0.05, 0) is 67.6 Å². The molecule has 2 aromatic carbocycles. The molecule has 3 rings (SSSR count). The minimum absolute atomic E-state index is 0.0695. The Labute approximate surface area is 216 Å². The molecule has 0 amide bonds. The van der Waals surface area contributed by atoms with Gasteiger partial charge < -0.3 is 15.3 Å². The molecule has 1 unspecified atom stereocenters. The summed E-state index contributed by atoms with van der Waals surface area (Å²) in [6.45, 7) is 7.53. The summed E-state index contributed by atoms with van der Waals surface area (Å²) in [6, 6.07) is 8.98. The number of carboxylic acids is 1. The Hall–Kier alpha value is -3.79. The highest BCUT2D eigenvalue weighted by molar-refractivity contribution is 6.25. The molecule has 0 radical (unpaired) electrons. The van der Waals surface area contributed by atoms with Crippen LogP contribution in [-0.4, -0.2) is 57.0 Å². The number of benzene rings is 2. The average molecular weight is 510 g/mol. The fourth-order valence-electron chi connectivity index (χ4n) is 4.57. The summed E-state index contributed by atoms with van der Waals surface area (Å²) in [5.41, 5.74) is 2.12. The van der Waals surface area contributed by atoms with Crippen LogP contribution in [0.1, 0.15) is 62.6 Å². The van der Waals surface area contributed by atoms with Crippen LogP contribution in [0.3, 0.4) is 0 Å². The third-order valence-corrected chi connectivity index (χ3v) is 6.85. The average Bonchev–Trinajstić information content (AvgIpc) is 2.86. The first-order chi connectivity index (χ1) is 17.6. The first-order valence-corrected chi connectivity index (χ1v) is 12.5. The maximum Gasteiger partial charge on any atom is 0.306 e. The van der Waals surface area contributed by atoms with E-state index in [1.807, 2.05) is 26.0 Å². The minimum atomic E-state index is -0.987. The van der Waals surface area contributed by atoms with Gasteiger partial charge in [0, 0.05) is 18.3 Å². The summed E-state index contributed by atoms with van der Waals surface area (Å²) in [6.07, 6.45) is 1.50. The number of nitrogens with one attached hydrogen (secondary N) is 2. The van der Waals surface area contributed by atoms with Crippen LogP contribution in [0.5, 0.6) is 11.5 Å². The summed E-state index contributed by atoms with van der Waals surface area (Å²) in [5.74, 6) is -1.90. The second kappa shape index (κ2) is 12.0. The third-order valence-electron chi connectivity index (χ3n) is 6.85. The van der Waals surface area contributed by atoms with Crippen LogP contribution in [0, 0.1) is 21.6 Å². The zero-order valence-corrected chi connectivity index (χ0v) is 21.4. The van der Waals surface area contributed by atoms with Crippen molar-refractivity contribution in [3.8, 4) is 11.5 Å². The number of hydrogen-bond acceptors (Lipinski definition) is 8. The van der Waals surface area contributed by atoms with E-state index in [0.717, 1.165) is 5.56 Å². The van der Waals surface area contributed by atoms with Crippen LogP contribution in [0.2, 0.25) is 0 Å². The fraction of sp³-hybridized carbons (Fsp3) is 0.444. The van der Waals surface area contributed by atoms with Crippen LogP contribution in [-0.2, 0) is 11.3 Å². The van der Waals surface area contributed by atoms with E-state index < -0.39 is 12.0 Å². The van der Waals surface area contributed by atoms with Crippen molar-refractivity contribution in [2.24, 2.45) is 11.1 Å². The lowest BCUT2D eigenvalue weighted by Crippen LogP contribution is -2.42. The number of anilines is 1. The van der Waals surface area contributed by atoms with Crippen molar-refractivity contribution in [2.45, 2.75) is 58.5 Å². The molecule has 0 bridgehead atoms. The number of amidine groups is 2. The van der Waals surface area contributed by atoms with Crippen molar-refractivity contribution in [2.75, 3.05) is 18.0 Å². The molecule has 5 N–H and O–H groups in total. The number of phenolic OH excluding ortho intramolecular Hbond substituents is 2. The van der Waals surface area contributed by atoms with Crippen LogP contribution < -0.4 is 4.90 Å². The van der Waals surface area contributed by atoms with Gasteiger partial charge in [-0.25, -0.2) is 0 Å². The highest BCUT2D eigenvalue weighted by Crippen LogP contribution is 2.34. The standard InChI is InChI=1S/C27H35N5O5/c1-4-22(30-37)26(29)32(25(28)21-13-20(16(2)3)23(33)14-24(21)34)19-7-5-17(6-8-19)15-31-11-9-18(10-12-31)27(35)36/h5-8,13-14,16,18,22,28-29,33-34H,4,9-12,15H2,1-3H3,(H,35,36). The van der Waals surface area contributed by atoms with E-state index in [2.05, 4.69) is 10.1 Å². The molecule has 1 aliphatic heterocycles. The summed E-state index contributed by atoms with van der Waals surface area (Å²) >= 11 is 0. The number of nitroso groups, excluding NO2 is 1. The Bertz CT molecular complexity index is 1160. The summed E-state index contributed by atoms with van der Waals surface area (Å²) in [5, 5.41) is 50.6. The number of rotatable bonds is 9. The van der Waals surface area contributed by atoms with E-state index in [0.29, 0.717) is 43.7 Å². The number of likely N-dealkylation sites (tertiary alicyclic amines) is 1. The molecule has 1 fully saturated rings. The molecular formula is C27H35N5O5. The van der Waals surface area contributed by atoms with E-state index in [9.17, 15) is 25.0 Å². The van der Waals surface area contributed by atoms with Crippen molar-refractivity contribution < 1.29 is 20.1 Å². The highest BCUT2D eigenvalue weighted by Gasteiger charge is 2.28. The van der Waals surface area contributed by atoms with E-state index in [1.54, 1.807) is 19.1 Å². The number of hydrogen-bond donors (Lipinski definition) is 5. The molecule has 1 heterocycles. The van der Waals surface area contributed by atoms with Gasteiger partial charge in [0.1, 0.15) is 29.2 Å². The van der Waals surface area contributed by atoms with E-state index in [4.69, 9.17) is 10.8 Å². The zero-order chi connectivity index (χ0) is 27.3. The number of phenols is 2. The largest absolute Gasteiger partial charge is 0.508 e. The van der Waals surface area contributed by atoms with Gasteiger partial charge >= 0.3 is 5.97 Å². The Morgan fingerprint density at radius 2 is 1.73 bits per heavy atom. The monoisotopic (exact) mass is 509 g/mol. The number of carboxylic acid groups (broad SMARTS) is 1. The quantitative estimate of drug-likeness (QED) is 0.183. The maximum atomic E-state index is 11.5. The molecule has 10 nitrogen and oxygen atoms in total. The Balaban J connectivity index is 1.90. The molecule has 1 atom stereocenters. The predicted octanol–water partition coefficient (Wildman–Crippen LogP) is 4.87. The van der Waals surface area contributed by atoms with Crippen LogP contribution in [0.15, 0.2) is 41.6 Å². The molecule has 198 valence electrons. The number of aromatic hydroxyl groups is 2. The molecular weight excluding hydrogens is 474 g/mol. The zero-order valence-electron chi connectivity index (χ0n) is 21.4. The molecule has 1 saturated heterocycles. The van der Waals surface area contributed by atoms with Crippen molar-refractivity contribution in [3.05, 3.63) is 58.0 Å². The first kappa shape index (κ1) is 27.8. The maximum absolute atomic E-state index is 11.5. The van der Waals surface area contributed by atoms with Crippen LogP contribution in [0.4, 0.5) is 5.69 Å². The molecule has 10 heteroatoms. The molecule has 2 aromatic rings. The summed E-state index contributed by atoms with van der Waals surface area (Å²) in [4.78, 5) is 26.1. The van der Waals surface area contributed by atoms with Crippen LogP contribution >= 0.6 is 0 Å². The Kier molecular flexibility index (Phi) is 8.99. The lowest BCUT2D eigenvalue weighted by atomic mass is 9.96. The molecule has 0 aliphatic carbocycles. The van der Waals surface area contributed by atoms with Crippen molar-refractivity contribution in [3.63, 3.8) is 0 Å². The van der Waals surface area contributed by atoms with Crippen molar-refractivity contribution >= 4 is 23.3 Å². The molecule has 0 saturated carbocycles. The first-order valence-electron chi connectivity index (χ1n) is 12.5. The highest BCUT2D eigenvalue weighted by atomic mass is 16.4. The molecule has 37 heavy (non-hydrogen) atoms. The van der Waals surface area contributed by atoms with Gasteiger partial charge in [0.15, 0.2) is 0 Å². The SMILES string of the molecule is CCC(N=O)C(=N)N(C(=N)c1cc(C(C)C)c(O)cc1O)c1ccc(CN2CCC(C(=O)O)CC2)cc1. The van der Waals surface area contributed by atoms with Gasteiger partial charge in [0.2, 0.25) is 0 Å². The van der Waals surface area contributed by atoms with Crippen molar-refractivity contribution in [1.82, 2.24) is 4.90 Å². The van der Waals surface area contributed by atoms with E-state index in [-0.39, 0.29) is 47.0 Å². The number of aliphatic carboxylic acids is 1. The third kappa shape index (κ3) is 6.32. The topological polar surface area (TPSA) is 161 Å². The van der Waals surface area contributed by atoms with Gasteiger partial charge in [-0.15, -0.1) is 0 Å². The van der Waals surface area contributed by atoms with Gasteiger partial charge in [0.25, 0.3) is 0 Å². The van der Waals surface area contributed by atoms with Gasteiger partial charge in [-0.1, -0.05) is 38.1 Å². The smallest absolute Gasteiger partial charge is 0.306 e. The van der Waals surface area contributed by atoms with Crippen molar-refractivity contribution in [1.29, 1.82) is 10.8 Å². The second-order valence-electron chi connectivity index (χ2n) is 9.74. The van der Waals surface area contributed by atoms with Gasteiger partial charge in [0.05, 0.1) is 11.5 Å². The lowest BCUT2D eigenvalue weighted by Gasteiger charge is -2.30. The Morgan fingerprint density at radius 3 is 2.24 bits per heavy atom. The second-order valence-corrected chi connectivity index (χ2v) is 9.74. The van der Waals surface area contributed by atoms with E-state index >= 15 is 0 Å². The summed E-state index contributed by atoms with van der Waals surface area (Å²) < 4.78 is 0. The molecule has 1 aliphatic rings. The summed E-state index contributed by atoms with van der Waals surface area (Å²) in [7, 11) is 0. The fourth-order valence-corrected chi connectivity index (χ4v) is 4.57. The molecule has 0 spiro atoms. The predicted molar refractivity (Wildman–Crippen MR) is 143 cm³/mol. The Morgan fingerprint density at radius 1 is 1.11 bits per heavy atom.